The van der Waals surface area contributed by atoms with Gasteiger partial charge in [0.2, 0.25) is 5.91 Å². The molecule has 3 N–H and O–H groups in total. The summed E-state index contributed by atoms with van der Waals surface area (Å²) in [7, 11) is -3.32. The Kier molecular flexibility index (Phi) is 12.5. The van der Waals surface area contributed by atoms with Crippen LogP contribution in [-0.2, 0) is 20.7 Å². The molecule has 0 saturated carbocycles. The summed E-state index contributed by atoms with van der Waals surface area (Å²) in [5.74, 6) is -0.716. The summed E-state index contributed by atoms with van der Waals surface area (Å²) in [5, 5.41) is 15.5. The molecule has 4 aromatic carbocycles. The molecule has 8 heteroatoms. The van der Waals surface area contributed by atoms with Gasteiger partial charge in [-0.3, -0.25) is 4.79 Å². The summed E-state index contributed by atoms with van der Waals surface area (Å²) in [6, 6.07) is 38.0. The van der Waals surface area contributed by atoms with Crippen molar-refractivity contribution in [2.45, 2.75) is 63.4 Å². The largest absolute Gasteiger partial charge is 0.459 e. The van der Waals surface area contributed by atoms with Crippen LogP contribution in [0.1, 0.15) is 49.5 Å². The van der Waals surface area contributed by atoms with Gasteiger partial charge in [0.15, 0.2) is 0 Å². The number of amides is 1. The average Bonchev–Trinajstić information content (AvgIpc) is 3.08. The number of rotatable bonds is 16. The molecule has 242 valence electrons. The lowest BCUT2D eigenvalue weighted by molar-refractivity contribution is -0.121. The van der Waals surface area contributed by atoms with Gasteiger partial charge in [-0.25, -0.2) is 4.79 Å². The molecular weight excluding hydrogens is 595 g/mol. The first-order valence-electron chi connectivity index (χ1n) is 15.8. The fourth-order valence-electron chi connectivity index (χ4n) is 5.82. The molecule has 1 amide bonds. The summed E-state index contributed by atoms with van der Waals surface area (Å²) in [4.78, 5) is 37.3. The van der Waals surface area contributed by atoms with Crippen molar-refractivity contribution in [1.29, 1.82) is 0 Å². The van der Waals surface area contributed by atoms with Crippen LogP contribution in [0.25, 0.3) is 0 Å². The number of esters is 1. The zero-order chi connectivity index (χ0) is 33.0. The molecule has 7 nitrogen and oxygen atoms in total. The number of aliphatic hydroxyl groups is 1. The lowest BCUT2D eigenvalue weighted by atomic mass is 10.00. The Morgan fingerprint density at radius 1 is 0.804 bits per heavy atom. The number of hydrogen-bond acceptors (Lipinski definition) is 6. The van der Waals surface area contributed by atoms with Crippen molar-refractivity contribution in [3.8, 4) is 0 Å². The van der Waals surface area contributed by atoms with Crippen LogP contribution < -0.4 is 15.7 Å². The van der Waals surface area contributed by atoms with E-state index in [4.69, 9.17) is 9.47 Å². The number of carbonyl (C=O) groups excluding carboxylic acids is 2. The Balaban J connectivity index is 1.60. The Labute approximate surface area is 273 Å². The number of ether oxygens (including phenoxy) is 2. The minimum atomic E-state index is -3.32. The van der Waals surface area contributed by atoms with Gasteiger partial charge in [0.25, 0.3) is 8.32 Å². The molecule has 0 heterocycles. The molecule has 4 rings (SSSR count). The van der Waals surface area contributed by atoms with E-state index in [1.54, 1.807) is 24.3 Å². The molecule has 0 aliphatic carbocycles. The van der Waals surface area contributed by atoms with Crippen molar-refractivity contribution in [3.63, 3.8) is 0 Å². The van der Waals surface area contributed by atoms with Crippen LogP contribution >= 0.6 is 0 Å². The van der Waals surface area contributed by atoms with Gasteiger partial charge in [-0.1, -0.05) is 123 Å². The Bertz CT molecular complexity index is 1460. The third-order valence-electron chi connectivity index (χ3n) is 8.49. The second-order valence-electron chi connectivity index (χ2n) is 12.3. The standard InChI is InChI=1S/C38H45NO6Si/c1-29(40)39-27-32(26-30-16-8-4-9-17-30)45-36(35(41)28-44-37(42)31-18-10-5-11-19-31)24-25-38(2,3)46(43,33-20-12-6-13-21-33)34-22-14-7-15-23-34/h4-23,32,35-36,41,43H,24-28H2,1-3H3,(H,39,40)/t32?,35-,36?/m0/s1. The topological polar surface area (TPSA) is 105 Å². The summed E-state index contributed by atoms with van der Waals surface area (Å²) >= 11 is 0. The van der Waals surface area contributed by atoms with Gasteiger partial charge >= 0.3 is 5.97 Å². The van der Waals surface area contributed by atoms with Gasteiger partial charge in [0, 0.05) is 19.9 Å². The molecule has 0 spiro atoms. The normalized spacial score (nSPS) is 13.8. The fourth-order valence-corrected chi connectivity index (χ4v) is 9.57. The molecule has 4 aromatic rings. The zero-order valence-corrected chi connectivity index (χ0v) is 27.8. The predicted octanol–water partition coefficient (Wildman–Crippen LogP) is 4.65. The van der Waals surface area contributed by atoms with Crippen LogP contribution in [0.5, 0.6) is 0 Å². The SMILES string of the molecule is CC(=O)NCC(Cc1ccccc1)OC(CCC(C)(C)[Si](O)(c1ccccc1)c1ccccc1)[C@@H](O)COC(=O)c1ccccc1. The second kappa shape index (κ2) is 16.5. The lowest BCUT2D eigenvalue weighted by Gasteiger charge is -2.42. The summed E-state index contributed by atoms with van der Waals surface area (Å²) < 4.78 is 12.1. The molecule has 0 fully saturated rings. The molecule has 0 radical (unpaired) electrons. The van der Waals surface area contributed by atoms with Gasteiger partial charge in [-0.2, -0.15) is 0 Å². The van der Waals surface area contributed by atoms with Crippen LogP contribution in [-0.4, -0.2) is 61.6 Å². The third-order valence-corrected chi connectivity index (χ3v) is 13.0. The van der Waals surface area contributed by atoms with E-state index >= 15 is 0 Å². The molecule has 2 unspecified atom stereocenters. The first-order chi connectivity index (χ1) is 22.1. The zero-order valence-electron chi connectivity index (χ0n) is 26.8. The van der Waals surface area contributed by atoms with E-state index in [2.05, 4.69) is 19.2 Å². The van der Waals surface area contributed by atoms with Crippen molar-refractivity contribution in [2.24, 2.45) is 0 Å². The maximum absolute atomic E-state index is 12.7. The summed E-state index contributed by atoms with van der Waals surface area (Å²) in [5.41, 5.74) is 1.42. The Morgan fingerprint density at radius 2 is 1.30 bits per heavy atom. The van der Waals surface area contributed by atoms with Crippen molar-refractivity contribution in [2.75, 3.05) is 13.2 Å². The van der Waals surface area contributed by atoms with Crippen LogP contribution in [0.4, 0.5) is 0 Å². The maximum Gasteiger partial charge on any atom is 0.338 e. The highest BCUT2D eigenvalue weighted by Crippen LogP contribution is 2.41. The molecule has 0 saturated heterocycles. The highest BCUT2D eigenvalue weighted by Gasteiger charge is 2.50. The number of nitrogens with one attached hydrogen (secondary N) is 1. The van der Waals surface area contributed by atoms with Gasteiger partial charge in [0.1, 0.15) is 12.7 Å². The minimum absolute atomic E-state index is 0.182. The first-order valence-corrected chi connectivity index (χ1v) is 17.7. The Hall–Kier alpha value is -4.08. The van der Waals surface area contributed by atoms with E-state index in [0.29, 0.717) is 24.8 Å². The predicted molar refractivity (Wildman–Crippen MR) is 184 cm³/mol. The number of aliphatic hydroxyl groups excluding tert-OH is 1. The minimum Gasteiger partial charge on any atom is -0.459 e. The van der Waals surface area contributed by atoms with Crippen molar-refractivity contribution in [3.05, 3.63) is 132 Å². The van der Waals surface area contributed by atoms with E-state index in [0.717, 1.165) is 15.9 Å². The van der Waals surface area contributed by atoms with E-state index in [1.807, 2.05) is 97.1 Å². The molecule has 0 bridgehead atoms. The van der Waals surface area contributed by atoms with Crippen LogP contribution in [0.3, 0.4) is 0 Å². The highest BCUT2D eigenvalue weighted by atomic mass is 28.4. The molecule has 0 aliphatic rings. The molecule has 0 aromatic heterocycles. The Morgan fingerprint density at radius 3 is 1.83 bits per heavy atom. The van der Waals surface area contributed by atoms with Crippen molar-refractivity contribution >= 4 is 30.6 Å². The van der Waals surface area contributed by atoms with Gasteiger partial charge in [-0.15, -0.1) is 0 Å². The quantitative estimate of drug-likeness (QED) is 0.122. The number of carbonyl (C=O) groups is 2. The smallest absolute Gasteiger partial charge is 0.338 e. The third kappa shape index (κ3) is 9.23. The maximum atomic E-state index is 12.7. The summed E-state index contributed by atoms with van der Waals surface area (Å²) in [6.45, 7) is 5.56. The molecular formula is C38H45NO6Si. The van der Waals surface area contributed by atoms with Crippen LogP contribution in [0.15, 0.2) is 121 Å². The average molecular weight is 640 g/mol. The first kappa shape index (κ1) is 34.8. The van der Waals surface area contributed by atoms with Crippen LogP contribution in [0, 0.1) is 0 Å². The number of hydrogen-bond donors (Lipinski definition) is 3. The monoisotopic (exact) mass is 639 g/mol. The van der Waals surface area contributed by atoms with E-state index in [1.165, 1.54) is 6.92 Å². The van der Waals surface area contributed by atoms with Gasteiger partial charge in [-0.05, 0) is 45.9 Å². The van der Waals surface area contributed by atoms with Crippen LogP contribution in [0.2, 0.25) is 5.04 Å². The van der Waals surface area contributed by atoms with Crippen molar-refractivity contribution in [1.82, 2.24) is 5.32 Å². The van der Waals surface area contributed by atoms with E-state index < -0.39 is 37.6 Å². The van der Waals surface area contributed by atoms with Crippen molar-refractivity contribution < 1.29 is 29.0 Å². The van der Waals surface area contributed by atoms with Gasteiger partial charge in [0.05, 0.1) is 17.8 Å². The number of benzene rings is 4. The highest BCUT2D eigenvalue weighted by molar-refractivity contribution is 6.98. The van der Waals surface area contributed by atoms with E-state index in [-0.39, 0.29) is 19.1 Å². The fraction of sp³-hybridized carbons (Fsp3) is 0.316. The van der Waals surface area contributed by atoms with Gasteiger partial charge < -0.3 is 24.7 Å². The molecule has 3 atom stereocenters. The molecule has 0 aliphatic heterocycles. The second-order valence-corrected chi connectivity index (χ2v) is 16.2. The molecule has 46 heavy (non-hydrogen) atoms. The van der Waals surface area contributed by atoms with E-state index in [9.17, 15) is 19.5 Å². The summed E-state index contributed by atoms with van der Waals surface area (Å²) in [6.07, 6.45) is -0.982. The lowest BCUT2D eigenvalue weighted by Crippen LogP contribution is -2.65.